The molecule has 1 aromatic heterocycles. The normalized spacial score (nSPS) is 10.8. The van der Waals surface area contributed by atoms with Gasteiger partial charge >= 0.3 is 0 Å². The van der Waals surface area contributed by atoms with Crippen LogP contribution in [0.1, 0.15) is 0 Å². The topological polar surface area (TPSA) is 25.0 Å². The highest BCUT2D eigenvalue weighted by Gasteiger charge is 2.09. The summed E-state index contributed by atoms with van der Waals surface area (Å²) in [6.07, 6.45) is 2.00. The molecule has 1 heterocycles. The van der Waals surface area contributed by atoms with E-state index >= 15 is 0 Å². The minimum atomic E-state index is 0.617. The zero-order chi connectivity index (χ0) is 12.5. The average molecular weight is 258 g/mol. The Hall–Kier alpha value is -1.93. The summed E-state index contributed by atoms with van der Waals surface area (Å²) in [4.78, 5) is 3.24. The molecule has 0 saturated heterocycles. The molecular weight excluding hydrogens is 246 g/mol. The Morgan fingerprint density at radius 3 is 2.61 bits per heavy atom. The van der Waals surface area contributed by atoms with E-state index in [-0.39, 0.29) is 0 Å². The summed E-state index contributed by atoms with van der Waals surface area (Å²) in [6, 6.07) is 14.1. The molecule has 0 atom stereocenters. The maximum atomic E-state index is 6.11. The summed E-state index contributed by atoms with van der Waals surface area (Å²) in [7, 11) is 1.63. The predicted octanol–water partition coefficient (Wildman–Crippen LogP) is 4.50. The van der Waals surface area contributed by atoms with Gasteiger partial charge in [-0.25, -0.2) is 0 Å². The predicted molar refractivity (Wildman–Crippen MR) is 75.3 cm³/mol. The molecule has 3 aromatic rings. The van der Waals surface area contributed by atoms with Crippen LogP contribution in [-0.4, -0.2) is 12.1 Å². The molecule has 0 aliphatic heterocycles. The van der Waals surface area contributed by atoms with Gasteiger partial charge in [0.15, 0.2) is 0 Å². The van der Waals surface area contributed by atoms with Crippen molar-refractivity contribution < 1.29 is 4.74 Å². The summed E-state index contributed by atoms with van der Waals surface area (Å²) < 4.78 is 5.27. The summed E-state index contributed by atoms with van der Waals surface area (Å²) >= 11 is 6.11. The Kier molecular flexibility index (Phi) is 2.73. The maximum absolute atomic E-state index is 6.11. The molecule has 1 N–H and O–H groups in total. The number of aromatic nitrogens is 1. The van der Waals surface area contributed by atoms with Gasteiger partial charge in [-0.2, -0.15) is 0 Å². The highest BCUT2D eigenvalue weighted by atomic mass is 35.5. The van der Waals surface area contributed by atoms with Crippen LogP contribution in [0.4, 0.5) is 0 Å². The van der Waals surface area contributed by atoms with Crippen molar-refractivity contribution in [3.8, 4) is 16.9 Å². The number of halogens is 1. The quantitative estimate of drug-likeness (QED) is 0.719. The lowest BCUT2D eigenvalue weighted by Gasteiger charge is -2.04. The van der Waals surface area contributed by atoms with Crippen LogP contribution in [0.2, 0.25) is 5.02 Å². The fraction of sp³-hybridized carbons (Fsp3) is 0.0667. The molecule has 3 heteroatoms. The van der Waals surface area contributed by atoms with Crippen molar-refractivity contribution in [2.45, 2.75) is 0 Å². The summed E-state index contributed by atoms with van der Waals surface area (Å²) in [5, 5.41) is 1.73. The molecule has 0 fully saturated rings. The molecule has 18 heavy (non-hydrogen) atoms. The first-order valence-corrected chi connectivity index (χ1v) is 6.07. The van der Waals surface area contributed by atoms with Gasteiger partial charge in [0.1, 0.15) is 5.75 Å². The zero-order valence-corrected chi connectivity index (χ0v) is 10.7. The van der Waals surface area contributed by atoms with Gasteiger partial charge in [-0.1, -0.05) is 41.9 Å². The molecule has 0 aliphatic rings. The number of benzene rings is 2. The Morgan fingerprint density at radius 1 is 1.11 bits per heavy atom. The van der Waals surface area contributed by atoms with Crippen LogP contribution in [0.3, 0.4) is 0 Å². The highest BCUT2D eigenvalue weighted by Crippen LogP contribution is 2.35. The molecule has 2 nitrogen and oxygen atoms in total. The van der Waals surface area contributed by atoms with Gasteiger partial charge in [0.25, 0.3) is 0 Å². The Balaban J connectivity index is 2.26. The van der Waals surface area contributed by atoms with E-state index in [0.717, 1.165) is 16.5 Å². The van der Waals surface area contributed by atoms with E-state index in [1.807, 2.05) is 36.5 Å². The minimum absolute atomic E-state index is 0.617. The van der Waals surface area contributed by atoms with Crippen molar-refractivity contribution in [1.82, 2.24) is 4.98 Å². The van der Waals surface area contributed by atoms with E-state index in [1.165, 1.54) is 5.56 Å². The third-order valence-electron chi connectivity index (χ3n) is 3.04. The number of rotatable bonds is 2. The lowest BCUT2D eigenvalue weighted by atomic mass is 10.0. The standard InChI is InChI=1S/C15H12ClNO/c1-18-15-7-11-12(10-5-3-2-4-6-10)9-17-14(11)8-13(15)16/h2-9,17H,1H3. The van der Waals surface area contributed by atoms with Crippen LogP contribution < -0.4 is 4.74 Å². The second kappa shape index (κ2) is 4.39. The van der Waals surface area contributed by atoms with Crippen LogP contribution in [0.25, 0.3) is 22.0 Å². The van der Waals surface area contributed by atoms with Crippen LogP contribution >= 0.6 is 11.6 Å². The number of fused-ring (bicyclic) bond motifs is 1. The number of nitrogens with one attached hydrogen (secondary N) is 1. The number of hydrogen-bond donors (Lipinski definition) is 1. The van der Waals surface area contributed by atoms with Crippen molar-refractivity contribution in [3.63, 3.8) is 0 Å². The molecule has 0 aliphatic carbocycles. The fourth-order valence-corrected chi connectivity index (χ4v) is 2.38. The molecule has 0 unspecified atom stereocenters. The van der Waals surface area contributed by atoms with E-state index in [4.69, 9.17) is 16.3 Å². The van der Waals surface area contributed by atoms with Crippen molar-refractivity contribution >= 4 is 22.5 Å². The molecule has 0 saturated carbocycles. The largest absolute Gasteiger partial charge is 0.495 e. The lowest BCUT2D eigenvalue weighted by Crippen LogP contribution is -1.84. The molecule has 0 radical (unpaired) electrons. The van der Waals surface area contributed by atoms with E-state index < -0.39 is 0 Å². The van der Waals surface area contributed by atoms with Gasteiger partial charge in [-0.15, -0.1) is 0 Å². The van der Waals surface area contributed by atoms with Gasteiger partial charge in [0.05, 0.1) is 12.1 Å². The summed E-state index contributed by atoms with van der Waals surface area (Å²) in [6.45, 7) is 0. The first-order chi connectivity index (χ1) is 8.79. The number of hydrogen-bond acceptors (Lipinski definition) is 1. The van der Waals surface area contributed by atoms with Gasteiger partial charge < -0.3 is 9.72 Å². The van der Waals surface area contributed by atoms with E-state index in [0.29, 0.717) is 10.8 Å². The fourth-order valence-electron chi connectivity index (χ4n) is 2.14. The van der Waals surface area contributed by atoms with E-state index in [9.17, 15) is 0 Å². The molecule has 2 aromatic carbocycles. The van der Waals surface area contributed by atoms with Crippen molar-refractivity contribution in [1.29, 1.82) is 0 Å². The zero-order valence-electron chi connectivity index (χ0n) is 9.91. The van der Waals surface area contributed by atoms with Crippen molar-refractivity contribution in [3.05, 3.63) is 53.7 Å². The van der Waals surface area contributed by atoms with Crippen LogP contribution in [0.15, 0.2) is 48.7 Å². The first kappa shape index (κ1) is 11.2. The second-order valence-electron chi connectivity index (χ2n) is 4.10. The maximum Gasteiger partial charge on any atom is 0.138 e. The first-order valence-electron chi connectivity index (χ1n) is 5.69. The second-order valence-corrected chi connectivity index (χ2v) is 4.51. The Bertz CT molecular complexity index is 688. The van der Waals surface area contributed by atoms with E-state index in [2.05, 4.69) is 17.1 Å². The highest BCUT2D eigenvalue weighted by molar-refractivity contribution is 6.33. The average Bonchev–Trinajstić information content (AvgIpc) is 2.81. The smallest absolute Gasteiger partial charge is 0.138 e. The van der Waals surface area contributed by atoms with Crippen LogP contribution in [-0.2, 0) is 0 Å². The lowest BCUT2D eigenvalue weighted by molar-refractivity contribution is 0.415. The monoisotopic (exact) mass is 257 g/mol. The minimum Gasteiger partial charge on any atom is -0.495 e. The van der Waals surface area contributed by atoms with Gasteiger partial charge in [0.2, 0.25) is 0 Å². The van der Waals surface area contributed by atoms with Crippen molar-refractivity contribution in [2.75, 3.05) is 7.11 Å². The SMILES string of the molecule is COc1cc2c(-c3ccccc3)c[nH]c2cc1Cl. The number of ether oxygens (including phenoxy) is 1. The van der Waals surface area contributed by atoms with Gasteiger partial charge in [-0.05, 0) is 17.7 Å². The molecule has 0 spiro atoms. The van der Waals surface area contributed by atoms with E-state index in [1.54, 1.807) is 7.11 Å². The van der Waals surface area contributed by atoms with Gasteiger partial charge in [0, 0.05) is 22.7 Å². The Morgan fingerprint density at radius 2 is 1.89 bits per heavy atom. The molecule has 90 valence electrons. The number of methoxy groups -OCH3 is 1. The third-order valence-corrected chi connectivity index (χ3v) is 3.33. The summed E-state index contributed by atoms with van der Waals surface area (Å²) in [5.41, 5.74) is 3.34. The van der Waals surface area contributed by atoms with Crippen molar-refractivity contribution in [2.24, 2.45) is 0 Å². The molecule has 3 rings (SSSR count). The molecule has 0 bridgehead atoms. The molecule has 0 amide bonds. The third kappa shape index (κ3) is 1.75. The van der Waals surface area contributed by atoms with Crippen LogP contribution in [0, 0.1) is 0 Å². The van der Waals surface area contributed by atoms with Gasteiger partial charge in [-0.3, -0.25) is 0 Å². The van der Waals surface area contributed by atoms with Crippen LogP contribution in [0.5, 0.6) is 5.75 Å². The number of H-pyrrole nitrogens is 1. The number of aromatic amines is 1. The Labute approximate surface area is 110 Å². The summed E-state index contributed by atoms with van der Waals surface area (Å²) in [5.74, 6) is 0.695. The molecular formula is C15H12ClNO.